The lowest BCUT2D eigenvalue weighted by atomic mass is 10.1. The number of nitrogens with one attached hydrogen (secondary N) is 1. The molecule has 1 atom stereocenters. The molecule has 1 saturated heterocycles. The number of nitrogens with zero attached hydrogens (tertiary/aromatic N) is 4. The monoisotopic (exact) mass is 361 g/mol. The van der Waals surface area contributed by atoms with Gasteiger partial charge in [-0.05, 0) is 38.3 Å². The second-order valence-electron chi connectivity index (χ2n) is 7.52. The van der Waals surface area contributed by atoms with Crippen molar-refractivity contribution in [1.82, 2.24) is 24.8 Å². The molecule has 0 radical (unpaired) electrons. The number of aromatic nitrogens is 4. The Morgan fingerprint density at radius 2 is 2.15 bits per heavy atom. The summed E-state index contributed by atoms with van der Waals surface area (Å²) in [4.78, 5) is 26.1. The molecule has 1 fully saturated rings. The molecule has 0 bridgehead atoms. The molecule has 27 heavy (non-hydrogen) atoms. The number of fused-ring (bicyclic) bond motifs is 2. The van der Waals surface area contributed by atoms with Crippen molar-refractivity contribution < 1.29 is 4.79 Å². The molecule has 2 aromatic heterocycles. The van der Waals surface area contributed by atoms with E-state index in [1.165, 1.54) is 18.7 Å². The molecule has 5 rings (SSSR count). The lowest BCUT2D eigenvalue weighted by Crippen LogP contribution is -2.32. The topological polar surface area (TPSA) is 72.7 Å². The fourth-order valence-electron chi connectivity index (χ4n) is 4.19. The largest absolute Gasteiger partial charge is 0.328 e. The molecule has 0 saturated carbocycles. The molecule has 1 N–H and O–H groups in total. The van der Waals surface area contributed by atoms with Crippen molar-refractivity contribution in [1.29, 1.82) is 0 Å². The molecule has 1 aromatic carbocycles. The second kappa shape index (κ2) is 6.85. The first-order chi connectivity index (χ1) is 13.3. The Morgan fingerprint density at radius 1 is 1.19 bits per heavy atom. The summed E-state index contributed by atoms with van der Waals surface area (Å²) in [5.41, 5.74) is 3.16. The SMILES string of the molecule is O=C(Cc1ncc2ccc(-c3cnc4n3CCCC4)cc2n1)[C@H]1CCCN1. The fourth-order valence-corrected chi connectivity index (χ4v) is 4.19. The Morgan fingerprint density at radius 3 is 3.04 bits per heavy atom. The van der Waals surface area contributed by atoms with Crippen LogP contribution in [0.1, 0.15) is 37.3 Å². The number of ketones is 1. The van der Waals surface area contributed by atoms with E-state index >= 15 is 0 Å². The van der Waals surface area contributed by atoms with Gasteiger partial charge in [-0.15, -0.1) is 0 Å². The minimum atomic E-state index is -0.0334. The first-order valence-electron chi connectivity index (χ1n) is 9.84. The number of aryl methyl sites for hydroxylation is 1. The number of carbonyl (C=O) groups is 1. The number of benzene rings is 1. The Hall–Kier alpha value is -2.60. The molecule has 0 aliphatic carbocycles. The maximum atomic E-state index is 12.4. The number of Topliss-reactive ketones (excluding diaryl/α,β-unsaturated/α-hetero) is 1. The van der Waals surface area contributed by atoms with E-state index in [1.54, 1.807) is 0 Å². The van der Waals surface area contributed by atoms with E-state index in [0.29, 0.717) is 12.2 Å². The minimum Gasteiger partial charge on any atom is -0.328 e. The van der Waals surface area contributed by atoms with E-state index in [9.17, 15) is 4.79 Å². The number of rotatable bonds is 4. The van der Waals surface area contributed by atoms with Crippen LogP contribution in [0.4, 0.5) is 0 Å². The molecule has 0 amide bonds. The highest BCUT2D eigenvalue weighted by Crippen LogP contribution is 2.27. The molecule has 2 aliphatic rings. The van der Waals surface area contributed by atoms with Crippen molar-refractivity contribution >= 4 is 16.7 Å². The summed E-state index contributed by atoms with van der Waals surface area (Å²) in [5, 5.41) is 4.25. The van der Waals surface area contributed by atoms with E-state index in [0.717, 1.165) is 54.5 Å². The van der Waals surface area contributed by atoms with Gasteiger partial charge in [0.2, 0.25) is 0 Å². The molecule has 0 spiro atoms. The van der Waals surface area contributed by atoms with Crippen molar-refractivity contribution in [3.63, 3.8) is 0 Å². The van der Waals surface area contributed by atoms with Crippen LogP contribution in [0, 0.1) is 0 Å². The van der Waals surface area contributed by atoms with E-state index in [4.69, 9.17) is 0 Å². The van der Waals surface area contributed by atoms with Crippen molar-refractivity contribution in [3.05, 3.63) is 42.2 Å². The van der Waals surface area contributed by atoms with E-state index < -0.39 is 0 Å². The van der Waals surface area contributed by atoms with E-state index in [1.807, 2.05) is 12.4 Å². The molecular formula is C21H23N5O. The van der Waals surface area contributed by atoms with Gasteiger partial charge in [0.1, 0.15) is 11.6 Å². The van der Waals surface area contributed by atoms with Gasteiger partial charge in [0.05, 0.1) is 29.9 Å². The van der Waals surface area contributed by atoms with Gasteiger partial charge < -0.3 is 9.88 Å². The molecule has 6 nitrogen and oxygen atoms in total. The van der Waals surface area contributed by atoms with Crippen molar-refractivity contribution in [3.8, 4) is 11.3 Å². The van der Waals surface area contributed by atoms with E-state index in [2.05, 4.69) is 43.0 Å². The predicted octanol–water partition coefficient (Wildman–Crippen LogP) is 2.69. The summed E-state index contributed by atoms with van der Waals surface area (Å²) in [6.07, 6.45) is 9.54. The molecule has 0 unspecified atom stereocenters. The van der Waals surface area contributed by atoms with Crippen molar-refractivity contribution in [2.75, 3.05) is 6.54 Å². The van der Waals surface area contributed by atoms with Crippen molar-refractivity contribution in [2.45, 2.75) is 51.1 Å². The summed E-state index contributed by atoms with van der Waals surface area (Å²) >= 11 is 0. The van der Waals surface area contributed by atoms with Gasteiger partial charge in [-0.2, -0.15) is 0 Å². The van der Waals surface area contributed by atoms with Crippen LogP contribution in [0.15, 0.2) is 30.6 Å². The van der Waals surface area contributed by atoms with Crippen molar-refractivity contribution in [2.24, 2.45) is 0 Å². The number of carbonyl (C=O) groups excluding carboxylic acids is 1. The Labute approximate surface area is 158 Å². The van der Waals surface area contributed by atoms with E-state index in [-0.39, 0.29) is 11.8 Å². The maximum Gasteiger partial charge on any atom is 0.157 e. The maximum absolute atomic E-state index is 12.4. The van der Waals surface area contributed by atoms with Gasteiger partial charge >= 0.3 is 0 Å². The lowest BCUT2D eigenvalue weighted by molar-refractivity contribution is -0.120. The molecule has 2 aliphatic heterocycles. The van der Waals surface area contributed by atoms with Gasteiger partial charge in [0.25, 0.3) is 0 Å². The number of hydrogen-bond acceptors (Lipinski definition) is 5. The molecule has 138 valence electrons. The van der Waals surface area contributed by atoms with Crippen LogP contribution < -0.4 is 5.32 Å². The zero-order valence-electron chi connectivity index (χ0n) is 15.3. The standard InChI is InChI=1S/C21H23N5O/c27-19(16-4-3-8-22-16)11-20-23-12-15-7-6-14(10-17(15)25-20)18-13-24-21-5-1-2-9-26(18)21/h6-7,10,12-13,16,22H,1-5,8-9,11H2/t16-/m1/s1. The van der Waals surface area contributed by atoms with Crippen LogP contribution in [0.2, 0.25) is 0 Å². The zero-order valence-corrected chi connectivity index (χ0v) is 15.3. The van der Waals surface area contributed by atoms with Gasteiger partial charge in [-0.25, -0.2) is 15.0 Å². The zero-order chi connectivity index (χ0) is 18.2. The van der Waals surface area contributed by atoms with Crippen LogP contribution in [-0.4, -0.2) is 37.9 Å². The van der Waals surface area contributed by atoms with Crippen LogP contribution in [0.5, 0.6) is 0 Å². The smallest absolute Gasteiger partial charge is 0.157 e. The van der Waals surface area contributed by atoms with Gasteiger partial charge in [0, 0.05) is 30.1 Å². The lowest BCUT2D eigenvalue weighted by Gasteiger charge is -2.16. The van der Waals surface area contributed by atoms with Gasteiger partial charge in [-0.3, -0.25) is 4.79 Å². The first kappa shape index (κ1) is 16.6. The summed E-state index contributed by atoms with van der Waals surface area (Å²) in [6, 6.07) is 6.22. The number of imidazole rings is 1. The Balaban J connectivity index is 1.46. The number of hydrogen-bond donors (Lipinski definition) is 1. The minimum absolute atomic E-state index is 0.0334. The summed E-state index contributed by atoms with van der Waals surface area (Å²) < 4.78 is 2.32. The third-order valence-electron chi connectivity index (χ3n) is 5.68. The normalized spacial score (nSPS) is 19.3. The predicted molar refractivity (Wildman–Crippen MR) is 103 cm³/mol. The van der Waals surface area contributed by atoms with Crippen LogP contribution in [-0.2, 0) is 24.2 Å². The highest BCUT2D eigenvalue weighted by Gasteiger charge is 2.23. The quantitative estimate of drug-likeness (QED) is 0.773. The summed E-state index contributed by atoms with van der Waals surface area (Å²) in [5.74, 6) is 1.97. The van der Waals surface area contributed by atoms with Crippen LogP contribution >= 0.6 is 0 Å². The third kappa shape index (κ3) is 3.14. The van der Waals surface area contributed by atoms with Crippen LogP contribution in [0.25, 0.3) is 22.2 Å². The molecule has 4 heterocycles. The fraction of sp³-hybridized carbons (Fsp3) is 0.429. The highest BCUT2D eigenvalue weighted by atomic mass is 16.1. The Kier molecular flexibility index (Phi) is 4.20. The van der Waals surface area contributed by atoms with Gasteiger partial charge in [0.15, 0.2) is 5.78 Å². The molecule has 3 aromatic rings. The molecule has 6 heteroatoms. The van der Waals surface area contributed by atoms with Crippen LogP contribution in [0.3, 0.4) is 0 Å². The average Bonchev–Trinajstić information content (AvgIpc) is 3.37. The highest BCUT2D eigenvalue weighted by molar-refractivity contribution is 5.87. The molecular weight excluding hydrogens is 338 g/mol. The Bertz CT molecular complexity index is 1000. The summed E-state index contributed by atoms with van der Waals surface area (Å²) in [7, 11) is 0. The second-order valence-corrected chi connectivity index (χ2v) is 7.52. The third-order valence-corrected chi connectivity index (χ3v) is 5.68. The first-order valence-corrected chi connectivity index (χ1v) is 9.84. The summed E-state index contributed by atoms with van der Waals surface area (Å²) in [6.45, 7) is 1.95. The van der Waals surface area contributed by atoms with Gasteiger partial charge in [-0.1, -0.05) is 12.1 Å². The average molecular weight is 361 g/mol.